The van der Waals surface area contributed by atoms with E-state index in [0.717, 1.165) is 23.4 Å². The number of aryl methyl sites for hydroxylation is 1. The van der Waals surface area contributed by atoms with E-state index in [0.29, 0.717) is 18.1 Å². The average molecular weight is 309 g/mol. The van der Waals surface area contributed by atoms with Crippen LogP contribution in [0.1, 0.15) is 32.3 Å². The van der Waals surface area contributed by atoms with Crippen molar-refractivity contribution in [3.05, 3.63) is 29.8 Å². The maximum Gasteiger partial charge on any atom is 0.303 e. The predicted molar refractivity (Wildman–Crippen MR) is 87.8 cm³/mol. The molecule has 1 aromatic rings. The molecule has 0 aliphatic heterocycles. The second-order valence-corrected chi connectivity index (χ2v) is 6.48. The van der Waals surface area contributed by atoms with Crippen LogP contribution >= 0.6 is 11.8 Å². The quantitative estimate of drug-likeness (QED) is 0.686. The summed E-state index contributed by atoms with van der Waals surface area (Å²) >= 11 is 1.65. The molecular formula is C16H23NO3S. The Morgan fingerprint density at radius 1 is 1.24 bits per heavy atom. The van der Waals surface area contributed by atoms with Crippen LogP contribution in [0.3, 0.4) is 0 Å². The van der Waals surface area contributed by atoms with Crippen LogP contribution in [0, 0.1) is 5.92 Å². The van der Waals surface area contributed by atoms with E-state index in [1.54, 1.807) is 11.8 Å². The van der Waals surface area contributed by atoms with Gasteiger partial charge in [0.25, 0.3) is 0 Å². The second kappa shape index (κ2) is 9.45. The number of carbonyl (C=O) groups excluding carboxylic acids is 1. The lowest BCUT2D eigenvalue weighted by Gasteiger charge is -2.07. The highest BCUT2D eigenvalue weighted by atomic mass is 32.2. The fourth-order valence-corrected chi connectivity index (χ4v) is 2.73. The molecule has 0 heterocycles. The summed E-state index contributed by atoms with van der Waals surface area (Å²) in [5.41, 5.74) is 1.71. The van der Waals surface area contributed by atoms with E-state index >= 15 is 0 Å². The van der Waals surface area contributed by atoms with Crippen molar-refractivity contribution in [2.45, 2.75) is 33.1 Å². The average Bonchev–Trinajstić information content (AvgIpc) is 2.42. The summed E-state index contributed by atoms with van der Waals surface area (Å²) in [6.45, 7) is 4.35. The molecule has 0 aromatic heterocycles. The highest BCUT2D eigenvalue weighted by Crippen LogP contribution is 2.13. The van der Waals surface area contributed by atoms with E-state index in [1.807, 2.05) is 24.3 Å². The molecule has 0 saturated carbocycles. The summed E-state index contributed by atoms with van der Waals surface area (Å²) in [6.07, 6.45) is 1.75. The predicted octanol–water partition coefficient (Wildman–Crippen LogP) is 3.42. The number of carbonyl (C=O) groups is 2. The van der Waals surface area contributed by atoms with Crippen LogP contribution in [0.2, 0.25) is 0 Å². The fraction of sp³-hybridized carbons (Fsp3) is 0.500. The van der Waals surface area contributed by atoms with Gasteiger partial charge in [0, 0.05) is 12.1 Å². The monoisotopic (exact) mass is 309 g/mol. The van der Waals surface area contributed by atoms with E-state index in [1.165, 1.54) is 0 Å². The van der Waals surface area contributed by atoms with Gasteiger partial charge in [0.15, 0.2) is 0 Å². The zero-order valence-electron chi connectivity index (χ0n) is 12.6. The largest absolute Gasteiger partial charge is 0.481 e. The van der Waals surface area contributed by atoms with Crippen molar-refractivity contribution in [2.24, 2.45) is 5.92 Å². The first-order valence-corrected chi connectivity index (χ1v) is 8.31. The Kier molecular flexibility index (Phi) is 7.90. The van der Waals surface area contributed by atoms with Gasteiger partial charge in [-0.25, -0.2) is 0 Å². The van der Waals surface area contributed by atoms with Crippen LogP contribution in [-0.4, -0.2) is 28.5 Å². The summed E-state index contributed by atoms with van der Waals surface area (Å²) in [4.78, 5) is 22.2. The third kappa shape index (κ3) is 8.40. The van der Waals surface area contributed by atoms with Crippen molar-refractivity contribution in [1.29, 1.82) is 0 Å². The Hall–Kier alpha value is -1.49. The standard InChI is InChI=1S/C16H23NO3S/c1-12(2)9-10-21-11-15(18)17-14-6-3-13(4-7-14)5-8-16(19)20/h3-4,6-7,12H,5,8-11H2,1-2H3,(H,17,18)(H,19,20). The van der Waals surface area contributed by atoms with Crippen LogP contribution in [0.5, 0.6) is 0 Å². The number of hydrogen-bond donors (Lipinski definition) is 2. The molecule has 4 nitrogen and oxygen atoms in total. The van der Waals surface area contributed by atoms with E-state index in [2.05, 4.69) is 19.2 Å². The number of nitrogens with one attached hydrogen (secondary N) is 1. The van der Waals surface area contributed by atoms with Gasteiger partial charge in [-0.3, -0.25) is 9.59 Å². The molecule has 21 heavy (non-hydrogen) atoms. The van der Waals surface area contributed by atoms with E-state index in [-0.39, 0.29) is 12.3 Å². The van der Waals surface area contributed by atoms with Gasteiger partial charge in [-0.2, -0.15) is 11.8 Å². The molecular weight excluding hydrogens is 286 g/mol. The van der Waals surface area contributed by atoms with Gasteiger partial charge in [-0.15, -0.1) is 0 Å². The van der Waals surface area contributed by atoms with Crippen molar-refractivity contribution in [3.8, 4) is 0 Å². The molecule has 0 unspecified atom stereocenters. The first-order valence-electron chi connectivity index (χ1n) is 7.15. The maximum absolute atomic E-state index is 11.7. The summed E-state index contributed by atoms with van der Waals surface area (Å²) in [7, 11) is 0. The second-order valence-electron chi connectivity index (χ2n) is 5.37. The Bertz CT molecular complexity index is 457. The van der Waals surface area contributed by atoms with Gasteiger partial charge in [0.1, 0.15) is 0 Å². The number of amides is 1. The van der Waals surface area contributed by atoms with Crippen molar-refractivity contribution >= 4 is 29.3 Å². The molecule has 1 amide bonds. The molecule has 0 atom stereocenters. The number of aliphatic carboxylic acids is 1. The molecule has 1 aromatic carbocycles. The molecule has 0 fully saturated rings. The minimum atomic E-state index is -0.800. The molecule has 5 heteroatoms. The zero-order chi connectivity index (χ0) is 15.7. The van der Waals surface area contributed by atoms with Gasteiger partial charge in [0.2, 0.25) is 5.91 Å². The molecule has 0 aliphatic rings. The third-order valence-corrected chi connectivity index (χ3v) is 3.93. The van der Waals surface area contributed by atoms with Gasteiger partial charge < -0.3 is 10.4 Å². The third-order valence-electron chi connectivity index (χ3n) is 2.94. The summed E-state index contributed by atoms with van der Waals surface area (Å²) < 4.78 is 0. The summed E-state index contributed by atoms with van der Waals surface area (Å²) in [5, 5.41) is 11.5. The number of carboxylic acid groups (broad SMARTS) is 1. The van der Waals surface area contributed by atoms with Gasteiger partial charge in [-0.05, 0) is 42.2 Å². The number of benzene rings is 1. The highest BCUT2D eigenvalue weighted by molar-refractivity contribution is 7.99. The van der Waals surface area contributed by atoms with E-state index < -0.39 is 5.97 Å². The fourth-order valence-electron chi connectivity index (χ4n) is 1.69. The van der Waals surface area contributed by atoms with Crippen molar-refractivity contribution in [2.75, 3.05) is 16.8 Å². The Morgan fingerprint density at radius 3 is 2.48 bits per heavy atom. The number of thioether (sulfide) groups is 1. The van der Waals surface area contributed by atoms with Crippen LogP contribution < -0.4 is 5.32 Å². The van der Waals surface area contributed by atoms with Crippen LogP contribution in [0.25, 0.3) is 0 Å². The van der Waals surface area contributed by atoms with E-state index in [9.17, 15) is 9.59 Å². The van der Waals surface area contributed by atoms with Gasteiger partial charge in [-0.1, -0.05) is 26.0 Å². The van der Waals surface area contributed by atoms with Crippen molar-refractivity contribution in [3.63, 3.8) is 0 Å². The number of hydrogen-bond acceptors (Lipinski definition) is 3. The minimum absolute atomic E-state index is 0.00189. The molecule has 0 aliphatic carbocycles. The smallest absolute Gasteiger partial charge is 0.303 e. The molecule has 116 valence electrons. The number of anilines is 1. The number of rotatable bonds is 9. The Labute approximate surface area is 130 Å². The van der Waals surface area contributed by atoms with E-state index in [4.69, 9.17) is 5.11 Å². The Balaban J connectivity index is 2.30. The topological polar surface area (TPSA) is 66.4 Å². The molecule has 2 N–H and O–H groups in total. The van der Waals surface area contributed by atoms with Crippen molar-refractivity contribution in [1.82, 2.24) is 0 Å². The van der Waals surface area contributed by atoms with Crippen LogP contribution in [0.4, 0.5) is 5.69 Å². The zero-order valence-corrected chi connectivity index (χ0v) is 13.4. The highest BCUT2D eigenvalue weighted by Gasteiger charge is 2.04. The van der Waals surface area contributed by atoms with Crippen LogP contribution in [0.15, 0.2) is 24.3 Å². The summed E-state index contributed by atoms with van der Waals surface area (Å²) in [6, 6.07) is 7.33. The lowest BCUT2D eigenvalue weighted by molar-refractivity contribution is -0.137. The molecule has 0 radical (unpaired) electrons. The van der Waals surface area contributed by atoms with Crippen molar-refractivity contribution < 1.29 is 14.7 Å². The van der Waals surface area contributed by atoms with Crippen LogP contribution in [-0.2, 0) is 16.0 Å². The first kappa shape index (κ1) is 17.6. The molecule has 0 spiro atoms. The Morgan fingerprint density at radius 2 is 1.90 bits per heavy atom. The SMILES string of the molecule is CC(C)CCSCC(=O)Nc1ccc(CCC(=O)O)cc1. The normalized spacial score (nSPS) is 10.6. The lowest BCUT2D eigenvalue weighted by Crippen LogP contribution is -2.14. The lowest BCUT2D eigenvalue weighted by atomic mass is 10.1. The molecule has 0 bridgehead atoms. The molecule has 1 rings (SSSR count). The first-order chi connectivity index (χ1) is 9.97. The van der Waals surface area contributed by atoms with Gasteiger partial charge in [0.05, 0.1) is 5.75 Å². The number of carboxylic acids is 1. The summed E-state index contributed by atoms with van der Waals surface area (Å²) in [5.74, 6) is 1.33. The maximum atomic E-state index is 11.7. The van der Waals surface area contributed by atoms with Gasteiger partial charge >= 0.3 is 5.97 Å². The minimum Gasteiger partial charge on any atom is -0.481 e. The molecule has 0 saturated heterocycles.